The van der Waals surface area contributed by atoms with E-state index in [4.69, 9.17) is 4.74 Å². The van der Waals surface area contributed by atoms with Crippen LogP contribution >= 0.6 is 0 Å². The fourth-order valence-corrected chi connectivity index (χ4v) is 3.45. The quantitative estimate of drug-likeness (QED) is 0.772. The lowest BCUT2D eigenvalue weighted by Gasteiger charge is -2.48. The van der Waals surface area contributed by atoms with E-state index >= 15 is 0 Å². The molecule has 3 aliphatic rings. The summed E-state index contributed by atoms with van der Waals surface area (Å²) in [6.07, 6.45) is 5.37. The number of ether oxygens (including phenoxy) is 1. The normalized spacial score (nSPS) is 28.3. The maximum absolute atomic E-state index is 11.9. The SMILES string of the molecule is O=C(CCC12CCN(CC1)CC2)OCc1ccccc1. The van der Waals surface area contributed by atoms with Gasteiger partial charge in [-0.05, 0) is 56.3 Å². The van der Waals surface area contributed by atoms with Crippen LogP contribution in [0.1, 0.15) is 37.7 Å². The second-order valence-electron chi connectivity index (χ2n) is 6.24. The average Bonchev–Trinajstić information content (AvgIpc) is 2.54. The summed E-state index contributed by atoms with van der Waals surface area (Å²) >= 11 is 0. The molecule has 0 atom stereocenters. The van der Waals surface area contributed by atoms with Gasteiger partial charge in [-0.1, -0.05) is 30.3 Å². The molecule has 1 aromatic rings. The number of carbonyl (C=O) groups is 1. The first-order chi connectivity index (χ1) is 9.76. The third-order valence-corrected chi connectivity index (χ3v) is 4.98. The maximum Gasteiger partial charge on any atom is 0.306 e. The van der Waals surface area contributed by atoms with E-state index in [-0.39, 0.29) is 5.97 Å². The van der Waals surface area contributed by atoms with E-state index < -0.39 is 0 Å². The molecule has 0 saturated carbocycles. The van der Waals surface area contributed by atoms with Crippen LogP contribution < -0.4 is 0 Å². The summed E-state index contributed by atoms with van der Waals surface area (Å²) in [5.41, 5.74) is 1.49. The Morgan fingerprint density at radius 1 is 1.10 bits per heavy atom. The van der Waals surface area contributed by atoms with Crippen molar-refractivity contribution in [1.29, 1.82) is 0 Å². The minimum Gasteiger partial charge on any atom is -0.461 e. The van der Waals surface area contributed by atoms with Crippen LogP contribution in [0, 0.1) is 5.41 Å². The van der Waals surface area contributed by atoms with Gasteiger partial charge in [0.2, 0.25) is 0 Å². The largest absolute Gasteiger partial charge is 0.461 e. The van der Waals surface area contributed by atoms with E-state index in [2.05, 4.69) is 4.90 Å². The van der Waals surface area contributed by atoms with Crippen LogP contribution in [-0.4, -0.2) is 30.5 Å². The van der Waals surface area contributed by atoms with Crippen molar-refractivity contribution in [3.05, 3.63) is 35.9 Å². The minimum atomic E-state index is -0.0452. The molecule has 0 aromatic heterocycles. The molecular weight excluding hydrogens is 250 g/mol. The zero-order valence-electron chi connectivity index (χ0n) is 12.0. The molecule has 3 fully saturated rings. The topological polar surface area (TPSA) is 29.5 Å². The van der Waals surface area contributed by atoms with Gasteiger partial charge < -0.3 is 9.64 Å². The van der Waals surface area contributed by atoms with Gasteiger partial charge in [-0.2, -0.15) is 0 Å². The molecular formula is C17H23NO2. The van der Waals surface area contributed by atoms with Gasteiger partial charge >= 0.3 is 5.97 Å². The van der Waals surface area contributed by atoms with Crippen LogP contribution in [0.4, 0.5) is 0 Å². The molecule has 0 radical (unpaired) electrons. The highest BCUT2D eigenvalue weighted by Crippen LogP contribution is 2.43. The lowest BCUT2D eigenvalue weighted by Crippen LogP contribution is -2.48. The highest BCUT2D eigenvalue weighted by Gasteiger charge is 2.39. The van der Waals surface area contributed by atoms with Crippen molar-refractivity contribution in [3.63, 3.8) is 0 Å². The van der Waals surface area contributed by atoms with E-state index in [1.807, 2.05) is 30.3 Å². The highest BCUT2D eigenvalue weighted by atomic mass is 16.5. The minimum absolute atomic E-state index is 0.0452. The Kier molecular flexibility index (Phi) is 4.06. The molecule has 3 nitrogen and oxygen atoms in total. The van der Waals surface area contributed by atoms with E-state index in [1.165, 1.54) is 38.9 Å². The Morgan fingerprint density at radius 2 is 1.75 bits per heavy atom. The van der Waals surface area contributed by atoms with Crippen molar-refractivity contribution < 1.29 is 9.53 Å². The van der Waals surface area contributed by atoms with Crippen LogP contribution in [0.3, 0.4) is 0 Å². The Labute approximate surface area is 120 Å². The van der Waals surface area contributed by atoms with Gasteiger partial charge in [0.25, 0.3) is 0 Å². The molecule has 108 valence electrons. The fraction of sp³-hybridized carbons (Fsp3) is 0.588. The summed E-state index contributed by atoms with van der Waals surface area (Å²) < 4.78 is 5.37. The van der Waals surface area contributed by atoms with Gasteiger partial charge in [0.05, 0.1) is 0 Å². The monoisotopic (exact) mass is 273 g/mol. The standard InChI is InChI=1S/C17H23NO2/c19-16(20-14-15-4-2-1-3-5-15)6-7-17-8-11-18(12-9-17)13-10-17/h1-5H,6-14H2. The summed E-state index contributed by atoms with van der Waals surface area (Å²) in [5, 5.41) is 0. The Balaban J connectivity index is 1.43. The Morgan fingerprint density at radius 3 is 2.40 bits per heavy atom. The molecule has 3 heteroatoms. The number of piperidine rings is 3. The predicted octanol–water partition coefficient (Wildman–Crippen LogP) is 3.00. The van der Waals surface area contributed by atoms with Crippen LogP contribution in [0.15, 0.2) is 30.3 Å². The first-order valence-corrected chi connectivity index (χ1v) is 7.68. The van der Waals surface area contributed by atoms with Crippen LogP contribution in [-0.2, 0) is 16.1 Å². The molecule has 20 heavy (non-hydrogen) atoms. The van der Waals surface area contributed by atoms with Gasteiger partial charge in [0.15, 0.2) is 0 Å². The van der Waals surface area contributed by atoms with Crippen molar-refractivity contribution in [2.45, 2.75) is 38.7 Å². The number of carbonyl (C=O) groups excluding carboxylic acids is 1. The average molecular weight is 273 g/mol. The van der Waals surface area contributed by atoms with Crippen molar-refractivity contribution >= 4 is 5.97 Å². The molecule has 3 aliphatic heterocycles. The highest BCUT2D eigenvalue weighted by molar-refractivity contribution is 5.69. The molecule has 1 aromatic carbocycles. The molecule has 0 spiro atoms. The van der Waals surface area contributed by atoms with E-state index in [0.29, 0.717) is 18.4 Å². The number of esters is 1. The molecule has 0 N–H and O–H groups in total. The molecule has 3 saturated heterocycles. The Hall–Kier alpha value is -1.35. The molecule has 4 rings (SSSR count). The summed E-state index contributed by atoms with van der Waals surface area (Å²) in [7, 11) is 0. The second kappa shape index (κ2) is 5.96. The van der Waals surface area contributed by atoms with Gasteiger partial charge in [0, 0.05) is 6.42 Å². The molecule has 0 unspecified atom stereocenters. The third-order valence-electron chi connectivity index (χ3n) is 4.98. The number of hydrogen-bond donors (Lipinski definition) is 0. The van der Waals surface area contributed by atoms with E-state index in [1.54, 1.807) is 0 Å². The summed E-state index contributed by atoms with van der Waals surface area (Å²) in [5.74, 6) is -0.0452. The van der Waals surface area contributed by atoms with Crippen molar-refractivity contribution in [3.8, 4) is 0 Å². The number of rotatable bonds is 5. The molecule has 2 bridgehead atoms. The van der Waals surface area contributed by atoms with E-state index in [9.17, 15) is 4.79 Å². The summed E-state index contributed by atoms with van der Waals surface area (Å²) in [6, 6.07) is 9.89. The fourth-order valence-electron chi connectivity index (χ4n) is 3.45. The van der Waals surface area contributed by atoms with Gasteiger partial charge in [-0.25, -0.2) is 0 Å². The van der Waals surface area contributed by atoms with Crippen LogP contribution in [0.5, 0.6) is 0 Å². The first kappa shape index (κ1) is 13.6. The summed E-state index contributed by atoms with van der Waals surface area (Å²) in [6.45, 7) is 4.07. The number of benzene rings is 1. The van der Waals surface area contributed by atoms with Crippen molar-refractivity contribution in [2.75, 3.05) is 19.6 Å². The molecule has 3 heterocycles. The van der Waals surface area contributed by atoms with Gasteiger partial charge in [0.1, 0.15) is 6.61 Å². The smallest absolute Gasteiger partial charge is 0.306 e. The van der Waals surface area contributed by atoms with Crippen molar-refractivity contribution in [2.24, 2.45) is 5.41 Å². The van der Waals surface area contributed by atoms with Crippen molar-refractivity contribution in [1.82, 2.24) is 4.90 Å². The number of nitrogens with zero attached hydrogens (tertiary/aromatic N) is 1. The van der Waals surface area contributed by atoms with Crippen LogP contribution in [0.2, 0.25) is 0 Å². The molecule has 0 aliphatic carbocycles. The third kappa shape index (κ3) is 3.21. The second-order valence-corrected chi connectivity index (χ2v) is 6.24. The lowest BCUT2D eigenvalue weighted by molar-refractivity contribution is -0.146. The maximum atomic E-state index is 11.9. The lowest BCUT2D eigenvalue weighted by atomic mass is 9.69. The molecule has 0 amide bonds. The van der Waals surface area contributed by atoms with Gasteiger partial charge in [-0.15, -0.1) is 0 Å². The van der Waals surface area contributed by atoms with Crippen LogP contribution in [0.25, 0.3) is 0 Å². The number of hydrogen-bond acceptors (Lipinski definition) is 3. The Bertz CT molecular complexity index is 436. The number of fused-ring (bicyclic) bond motifs is 3. The van der Waals surface area contributed by atoms with E-state index in [0.717, 1.165) is 12.0 Å². The zero-order valence-corrected chi connectivity index (χ0v) is 12.0. The summed E-state index contributed by atoms with van der Waals surface area (Å²) in [4.78, 5) is 14.4. The predicted molar refractivity (Wildman–Crippen MR) is 78.2 cm³/mol. The van der Waals surface area contributed by atoms with Gasteiger partial charge in [-0.3, -0.25) is 4.79 Å². The first-order valence-electron chi connectivity index (χ1n) is 7.68. The zero-order chi connectivity index (χ0) is 13.8.